The van der Waals surface area contributed by atoms with E-state index in [1.54, 1.807) is 4.90 Å². The molecular weight excluding hydrogens is 546 g/mol. The van der Waals surface area contributed by atoms with Crippen LogP contribution in [0.3, 0.4) is 0 Å². The van der Waals surface area contributed by atoms with Gasteiger partial charge in [0.25, 0.3) is 0 Å². The number of rotatable bonds is 13. The molecule has 0 heterocycles. The van der Waals surface area contributed by atoms with Gasteiger partial charge in [-0.15, -0.1) is 0 Å². The monoisotopic (exact) mass is 593 g/mol. The Bertz CT molecular complexity index is 1310. The van der Waals surface area contributed by atoms with Crippen molar-refractivity contribution in [3.8, 4) is 0 Å². The maximum absolute atomic E-state index is 13.9. The van der Waals surface area contributed by atoms with Crippen LogP contribution in [0.15, 0.2) is 54.6 Å². The number of nitrogens with zero attached hydrogens (tertiary/aromatic N) is 2. The second kappa shape index (κ2) is 12.8. The molecule has 0 spiro atoms. The van der Waals surface area contributed by atoms with Crippen LogP contribution >= 0.6 is 0 Å². The van der Waals surface area contributed by atoms with Gasteiger partial charge >= 0.3 is 0 Å². The predicted octanol–water partition coefficient (Wildman–Crippen LogP) is 5.64. The first-order valence-electron chi connectivity index (χ1n) is 15.8. The van der Waals surface area contributed by atoms with Gasteiger partial charge in [0, 0.05) is 13.1 Å². The van der Waals surface area contributed by atoms with Gasteiger partial charge in [-0.05, 0) is 97.8 Å². The third-order valence-electron chi connectivity index (χ3n) is 9.90. The number of benzene rings is 2. The molecule has 4 aliphatic rings. The van der Waals surface area contributed by atoms with Gasteiger partial charge in [-0.3, -0.25) is 13.9 Å². The number of carbonyl (C=O) groups excluding carboxylic acids is 2. The third-order valence-corrected chi connectivity index (χ3v) is 11.0. The highest BCUT2D eigenvalue weighted by molar-refractivity contribution is 7.92. The minimum atomic E-state index is -3.76. The molecule has 7 nitrogen and oxygen atoms in total. The Morgan fingerprint density at radius 3 is 2.05 bits per heavy atom. The van der Waals surface area contributed by atoms with Crippen molar-refractivity contribution in [3.05, 3.63) is 65.7 Å². The van der Waals surface area contributed by atoms with E-state index in [0.29, 0.717) is 18.7 Å². The van der Waals surface area contributed by atoms with Crippen LogP contribution in [-0.4, -0.2) is 50.5 Å². The second-order valence-electron chi connectivity index (χ2n) is 13.1. The number of nitrogens with one attached hydrogen (secondary N) is 1. The highest BCUT2D eigenvalue weighted by atomic mass is 32.2. The molecule has 2 aromatic carbocycles. The summed E-state index contributed by atoms with van der Waals surface area (Å²) in [5, 5.41) is 2.97. The van der Waals surface area contributed by atoms with E-state index in [-0.39, 0.29) is 24.4 Å². The van der Waals surface area contributed by atoms with Crippen LogP contribution in [0.5, 0.6) is 0 Å². The summed E-state index contributed by atoms with van der Waals surface area (Å²) in [5.74, 6) is 1.86. The molecular formula is C34H47N3O4S. The molecule has 0 radical (unpaired) electrons. The maximum Gasteiger partial charge on any atom is 0.244 e. The normalized spacial score (nSPS) is 25.2. The lowest BCUT2D eigenvalue weighted by atomic mass is 9.48. The SMILES string of the molecule is CCCCNC(=O)[C@@H](CC)N(Cc1ccccc1)C(=O)CN(c1ccc(C23CC4CC(CC(C4)C2)C3)cc1)S(C)(=O)=O. The average molecular weight is 594 g/mol. The highest BCUT2D eigenvalue weighted by Gasteiger charge is 2.51. The molecule has 4 bridgehead atoms. The van der Waals surface area contributed by atoms with Crippen molar-refractivity contribution in [2.45, 2.75) is 89.6 Å². The van der Waals surface area contributed by atoms with E-state index in [1.165, 1.54) is 48.4 Å². The van der Waals surface area contributed by atoms with Crippen molar-refractivity contribution in [2.75, 3.05) is 23.7 Å². The number of unbranched alkanes of at least 4 members (excludes halogenated alkanes) is 1. The molecule has 0 saturated heterocycles. The Hall–Kier alpha value is -2.87. The van der Waals surface area contributed by atoms with Crippen molar-refractivity contribution in [3.63, 3.8) is 0 Å². The minimum absolute atomic E-state index is 0.207. The Kier molecular flexibility index (Phi) is 9.31. The summed E-state index contributed by atoms with van der Waals surface area (Å²) in [6, 6.07) is 16.8. The van der Waals surface area contributed by atoms with Crippen LogP contribution in [0.25, 0.3) is 0 Å². The maximum atomic E-state index is 13.9. The van der Waals surface area contributed by atoms with Crippen LogP contribution < -0.4 is 9.62 Å². The number of amides is 2. The van der Waals surface area contributed by atoms with E-state index >= 15 is 0 Å². The summed E-state index contributed by atoms with van der Waals surface area (Å²) in [4.78, 5) is 28.7. The Balaban J connectivity index is 1.38. The van der Waals surface area contributed by atoms with Crippen LogP contribution in [0.1, 0.15) is 82.8 Å². The molecule has 1 atom stereocenters. The summed E-state index contributed by atoms with van der Waals surface area (Å²) in [6.45, 7) is 4.35. The molecule has 228 valence electrons. The minimum Gasteiger partial charge on any atom is -0.354 e. The van der Waals surface area contributed by atoms with Gasteiger partial charge in [-0.2, -0.15) is 0 Å². The van der Waals surface area contributed by atoms with Crippen LogP contribution in [0, 0.1) is 17.8 Å². The van der Waals surface area contributed by atoms with E-state index in [1.807, 2.05) is 49.4 Å². The van der Waals surface area contributed by atoms with E-state index in [9.17, 15) is 18.0 Å². The number of carbonyl (C=O) groups is 2. The zero-order valence-corrected chi connectivity index (χ0v) is 26.2. The molecule has 6 rings (SSSR count). The summed E-state index contributed by atoms with van der Waals surface area (Å²) in [5.41, 5.74) is 2.90. The molecule has 42 heavy (non-hydrogen) atoms. The fourth-order valence-corrected chi connectivity index (χ4v) is 9.11. The first-order chi connectivity index (χ1) is 20.1. The first-order valence-corrected chi connectivity index (χ1v) is 17.7. The summed E-state index contributed by atoms with van der Waals surface area (Å²) < 4.78 is 27.4. The fraction of sp³-hybridized carbons (Fsp3) is 0.588. The van der Waals surface area contributed by atoms with E-state index < -0.39 is 22.0 Å². The van der Waals surface area contributed by atoms with Crippen molar-refractivity contribution >= 4 is 27.5 Å². The lowest BCUT2D eigenvalue weighted by Gasteiger charge is -2.57. The number of sulfonamides is 1. The average Bonchev–Trinajstić information content (AvgIpc) is 2.95. The van der Waals surface area contributed by atoms with E-state index in [2.05, 4.69) is 24.4 Å². The number of hydrogen-bond acceptors (Lipinski definition) is 4. The van der Waals surface area contributed by atoms with Crippen LogP contribution in [0.2, 0.25) is 0 Å². The topological polar surface area (TPSA) is 86.8 Å². The molecule has 0 aliphatic heterocycles. The fourth-order valence-electron chi connectivity index (χ4n) is 8.26. The molecule has 2 aromatic rings. The Labute approximate surface area is 252 Å². The van der Waals surface area contributed by atoms with Crippen molar-refractivity contribution in [1.29, 1.82) is 0 Å². The van der Waals surface area contributed by atoms with Crippen molar-refractivity contribution in [1.82, 2.24) is 10.2 Å². The second-order valence-corrected chi connectivity index (χ2v) is 15.0. The zero-order valence-electron chi connectivity index (χ0n) is 25.4. The van der Waals surface area contributed by atoms with Crippen molar-refractivity contribution in [2.24, 2.45) is 17.8 Å². The molecule has 4 aliphatic carbocycles. The molecule has 4 saturated carbocycles. The highest BCUT2D eigenvalue weighted by Crippen LogP contribution is 2.60. The van der Waals surface area contributed by atoms with Gasteiger partial charge in [-0.25, -0.2) is 8.42 Å². The predicted molar refractivity (Wildman–Crippen MR) is 167 cm³/mol. The third kappa shape index (κ3) is 6.69. The summed E-state index contributed by atoms with van der Waals surface area (Å²) in [7, 11) is -3.76. The summed E-state index contributed by atoms with van der Waals surface area (Å²) >= 11 is 0. The number of hydrogen-bond donors (Lipinski definition) is 1. The largest absolute Gasteiger partial charge is 0.354 e. The number of anilines is 1. The van der Waals surface area contributed by atoms with Crippen molar-refractivity contribution < 1.29 is 18.0 Å². The lowest BCUT2D eigenvalue weighted by Crippen LogP contribution is -2.52. The van der Waals surface area contributed by atoms with Crippen LogP contribution in [-0.2, 0) is 31.6 Å². The van der Waals surface area contributed by atoms with Gasteiger partial charge < -0.3 is 10.2 Å². The first kappa shape index (κ1) is 30.6. The quantitative estimate of drug-likeness (QED) is 0.305. The Morgan fingerprint density at radius 1 is 0.929 bits per heavy atom. The lowest BCUT2D eigenvalue weighted by molar-refractivity contribution is -0.140. The van der Waals surface area contributed by atoms with E-state index in [4.69, 9.17) is 0 Å². The zero-order chi connectivity index (χ0) is 29.9. The van der Waals surface area contributed by atoms with E-state index in [0.717, 1.165) is 42.4 Å². The Morgan fingerprint density at radius 2 is 1.52 bits per heavy atom. The summed E-state index contributed by atoms with van der Waals surface area (Å²) in [6.07, 6.45) is 11.2. The van der Waals surface area contributed by atoms with Crippen LogP contribution in [0.4, 0.5) is 5.69 Å². The standard InChI is InChI=1S/C34H47N3O4S/c1-4-6-16-35-33(39)31(5-2)36(23-25-10-8-7-9-11-25)32(38)24-37(42(3,40)41)30-14-12-29(13-15-30)34-20-26-17-27(21-34)19-28(18-26)22-34/h7-15,26-28,31H,4-6,16-24H2,1-3H3,(H,35,39)/t26?,27?,28?,31-,34?/m1/s1. The molecule has 2 amide bonds. The molecule has 0 aromatic heterocycles. The molecule has 4 fully saturated rings. The van der Waals surface area contributed by atoms with Gasteiger partial charge in [0.2, 0.25) is 21.8 Å². The molecule has 1 N–H and O–H groups in total. The molecule has 8 heteroatoms. The van der Waals surface area contributed by atoms with Gasteiger partial charge in [-0.1, -0.05) is 62.7 Å². The van der Waals surface area contributed by atoms with Gasteiger partial charge in [0.15, 0.2) is 0 Å². The van der Waals surface area contributed by atoms with Gasteiger partial charge in [0.05, 0.1) is 11.9 Å². The molecule has 0 unspecified atom stereocenters. The van der Waals surface area contributed by atoms with Gasteiger partial charge in [0.1, 0.15) is 12.6 Å². The smallest absolute Gasteiger partial charge is 0.244 e.